The van der Waals surface area contributed by atoms with E-state index < -0.39 is 5.54 Å². The highest BCUT2D eigenvalue weighted by atomic mass is 16.2. The molecule has 1 atom stereocenters. The van der Waals surface area contributed by atoms with Gasteiger partial charge in [-0.3, -0.25) is 19.3 Å². The molecule has 2 aliphatic carbocycles. The highest BCUT2D eigenvalue weighted by Crippen LogP contribution is 2.35. The number of imide groups is 1. The minimum Gasteiger partial charge on any atom is -0.356 e. The number of urea groups is 1. The summed E-state index contributed by atoms with van der Waals surface area (Å²) in [5, 5.41) is 5.72. The van der Waals surface area contributed by atoms with Gasteiger partial charge in [0.2, 0.25) is 11.8 Å². The first-order chi connectivity index (χ1) is 13.0. The summed E-state index contributed by atoms with van der Waals surface area (Å²) in [6.45, 7) is 2.01. The van der Waals surface area contributed by atoms with E-state index >= 15 is 0 Å². The second-order valence-electron chi connectivity index (χ2n) is 8.46. The van der Waals surface area contributed by atoms with Crippen LogP contribution in [0.5, 0.6) is 0 Å². The van der Waals surface area contributed by atoms with Crippen LogP contribution < -0.4 is 10.6 Å². The zero-order valence-electron chi connectivity index (χ0n) is 15.7. The lowest BCUT2D eigenvalue weighted by Crippen LogP contribution is -2.44. The van der Waals surface area contributed by atoms with E-state index in [0.29, 0.717) is 32.0 Å². The summed E-state index contributed by atoms with van der Waals surface area (Å²) >= 11 is 0. The minimum atomic E-state index is -0.671. The molecule has 2 aliphatic heterocycles. The number of likely N-dealkylation sites (tertiary alicyclic amines) is 1. The second kappa shape index (κ2) is 7.13. The molecule has 148 valence electrons. The molecule has 2 saturated carbocycles. The summed E-state index contributed by atoms with van der Waals surface area (Å²) in [5.74, 6) is 0.195. The summed E-state index contributed by atoms with van der Waals surface area (Å²) in [5.41, 5.74) is -0.671. The summed E-state index contributed by atoms with van der Waals surface area (Å²) in [4.78, 5) is 52.1. The van der Waals surface area contributed by atoms with E-state index in [1.165, 1.54) is 17.7 Å². The molecule has 2 heterocycles. The molecule has 0 radical (unpaired) electrons. The number of nitrogens with zero attached hydrogens (tertiary/aromatic N) is 2. The average molecular weight is 376 g/mol. The van der Waals surface area contributed by atoms with Gasteiger partial charge in [0.15, 0.2) is 0 Å². The number of rotatable bonds is 7. The lowest BCUT2D eigenvalue weighted by Gasteiger charge is -2.20. The topological polar surface area (TPSA) is 98.8 Å². The van der Waals surface area contributed by atoms with Crippen molar-refractivity contribution < 1.29 is 19.2 Å². The van der Waals surface area contributed by atoms with Gasteiger partial charge in [0.05, 0.1) is 5.92 Å². The molecule has 4 aliphatic rings. The molecular formula is C19H28N4O4. The fraction of sp³-hybridized carbons (Fsp3) is 0.789. The van der Waals surface area contributed by atoms with Crippen LogP contribution in [0.3, 0.4) is 0 Å². The summed E-state index contributed by atoms with van der Waals surface area (Å²) in [6, 6.07) is -0.315. The van der Waals surface area contributed by atoms with Crippen LogP contribution in [-0.2, 0) is 14.4 Å². The Bertz CT molecular complexity index is 654. The molecule has 2 N–H and O–H groups in total. The van der Waals surface area contributed by atoms with Crippen molar-refractivity contribution in [2.24, 2.45) is 11.8 Å². The van der Waals surface area contributed by atoms with Gasteiger partial charge in [-0.05, 0) is 38.0 Å². The van der Waals surface area contributed by atoms with Crippen molar-refractivity contribution in [1.82, 2.24) is 20.4 Å². The zero-order chi connectivity index (χ0) is 19.0. The van der Waals surface area contributed by atoms with Crippen molar-refractivity contribution in [3.05, 3.63) is 0 Å². The predicted octanol–water partition coefficient (Wildman–Crippen LogP) is 0.616. The molecule has 27 heavy (non-hydrogen) atoms. The Morgan fingerprint density at radius 3 is 2.63 bits per heavy atom. The van der Waals surface area contributed by atoms with Gasteiger partial charge >= 0.3 is 6.03 Å². The van der Waals surface area contributed by atoms with E-state index in [0.717, 1.165) is 32.2 Å². The number of carbonyl (C=O) groups excluding carboxylic acids is 4. The molecule has 0 bridgehead atoms. The van der Waals surface area contributed by atoms with Crippen molar-refractivity contribution in [2.75, 3.05) is 26.2 Å². The number of hydrogen-bond acceptors (Lipinski definition) is 4. The van der Waals surface area contributed by atoms with Crippen LogP contribution in [0.15, 0.2) is 0 Å². The van der Waals surface area contributed by atoms with Gasteiger partial charge in [0, 0.05) is 32.6 Å². The fourth-order valence-electron chi connectivity index (χ4n) is 4.53. The second-order valence-corrected chi connectivity index (χ2v) is 8.46. The maximum absolute atomic E-state index is 12.6. The highest BCUT2D eigenvalue weighted by Gasteiger charge is 2.52. The molecule has 0 aromatic heterocycles. The van der Waals surface area contributed by atoms with Crippen LogP contribution in [0.1, 0.15) is 51.4 Å². The van der Waals surface area contributed by atoms with Crippen LogP contribution in [0.25, 0.3) is 0 Å². The van der Waals surface area contributed by atoms with Gasteiger partial charge in [-0.2, -0.15) is 0 Å². The number of hydrogen-bond donors (Lipinski definition) is 2. The van der Waals surface area contributed by atoms with E-state index in [4.69, 9.17) is 0 Å². The van der Waals surface area contributed by atoms with Crippen LogP contribution in [0, 0.1) is 11.8 Å². The van der Waals surface area contributed by atoms with Gasteiger partial charge in [-0.15, -0.1) is 0 Å². The third kappa shape index (κ3) is 3.66. The lowest BCUT2D eigenvalue weighted by molar-refractivity contribution is -0.131. The molecular weight excluding hydrogens is 348 g/mol. The Balaban J connectivity index is 1.19. The van der Waals surface area contributed by atoms with Gasteiger partial charge in [0.1, 0.15) is 5.54 Å². The predicted molar refractivity (Wildman–Crippen MR) is 96.5 cm³/mol. The summed E-state index contributed by atoms with van der Waals surface area (Å²) in [7, 11) is 0. The third-order valence-corrected chi connectivity index (χ3v) is 6.32. The van der Waals surface area contributed by atoms with E-state index in [2.05, 4.69) is 10.6 Å². The van der Waals surface area contributed by atoms with E-state index in [1.54, 1.807) is 0 Å². The molecule has 1 spiro atoms. The SMILES string of the molecule is O=C(NCCCN1C(=O)NC2(CCCC2)C1=O)C1CC(=O)N(CC2CC2)C1. The van der Waals surface area contributed by atoms with Crippen LogP contribution in [-0.4, -0.2) is 65.3 Å². The number of carbonyl (C=O) groups is 4. The Morgan fingerprint density at radius 1 is 1.19 bits per heavy atom. The molecule has 4 rings (SSSR count). The van der Waals surface area contributed by atoms with Crippen LogP contribution in [0.2, 0.25) is 0 Å². The van der Waals surface area contributed by atoms with Crippen LogP contribution in [0.4, 0.5) is 4.79 Å². The van der Waals surface area contributed by atoms with E-state index in [9.17, 15) is 19.2 Å². The first kappa shape index (κ1) is 18.3. The smallest absolute Gasteiger partial charge is 0.325 e. The van der Waals surface area contributed by atoms with E-state index in [1.807, 2.05) is 4.90 Å². The minimum absolute atomic E-state index is 0.0725. The molecule has 1 unspecified atom stereocenters. The van der Waals surface area contributed by atoms with Crippen molar-refractivity contribution >= 4 is 23.8 Å². The number of amides is 5. The van der Waals surface area contributed by atoms with Gasteiger partial charge < -0.3 is 15.5 Å². The van der Waals surface area contributed by atoms with Crippen LogP contribution >= 0.6 is 0 Å². The van der Waals surface area contributed by atoms with Crippen molar-refractivity contribution in [1.29, 1.82) is 0 Å². The monoisotopic (exact) mass is 376 g/mol. The Labute approximate surface area is 159 Å². The Hall–Kier alpha value is -2.12. The third-order valence-electron chi connectivity index (χ3n) is 6.32. The van der Waals surface area contributed by atoms with Gasteiger partial charge in [0.25, 0.3) is 5.91 Å². The molecule has 2 saturated heterocycles. The maximum Gasteiger partial charge on any atom is 0.325 e. The molecule has 8 heteroatoms. The standard InChI is InChI=1S/C19H28N4O4/c24-15-10-14(12-22(15)11-13-4-5-13)16(25)20-8-3-9-23-17(26)19(21-18(23)27)6-1-2-7-19/h13-14H,1-12H2,(H,20,25)(H,21,27). The highest BCUT2D eigenvalue weighted by molar-refractivity contribution is 6.07. The van der Waals surface area contributed by atoms with Crippen molar-refractivity contribution in [2.45, 2.75) is 56.9 Å². The first-order valence-corrected chi connectivity index (χ1v) is 10.2. The Kier molecular flexibility index (Phi) is 4.82. The quantitative estimate of drug-likeness (QED) is 0.502. The largest absolute Gasteiger partial charge is 0.356 e. The Morgan fingerprint density at radius 2 is 1.93 bits per heavy atom. The van der Waals surface area contributed by atoms with Crippen molar-refractivity contribution in [3.63, 3.8) is 0 Å². The molecule has 4 fully saturated rings. The summed E-state index contributed by atoms with van der Waals surface area (Å²) < 4.78 is 0. The van der Waals surface area contributed by atoms with Gasteiger partial charge in [-0.25, -0.2) is 4.79 Å². The fourth-order valence-corrected chi connectivity index (χ4v) is 4.53. The first-order valence-electron chi connectivity index (χ1n) is 10.2. The summed E-state index contributed by atoms with van der Waals surface area (Å²) in [6.07, 6.45) is 6.55. The molecule has 5 amide bonds. The van der Waals surface area contributed by atoms with Crippen molar-refractivity contribution in [3.8, 4) is 0 Å². The maximum atomic E-state index is 12.6. The average Bonchev–Trinajstić information content (AvgIpc) is 3.11. The zero-order valence-corrected chi connectivity index (χ0v) is 15.7. The normalized spacial score (nSPS) is 27.0. The molecule has 0 aromatic carbocycles. The van der Waals surface area contributed by atoms with E-state index in [-0.39, 0.29) is 36.1 Å². The lowest BCUT2D eigenvalue weighted by atomic mass is 9.98. The number of nitrogens with one attached hydrogen (secondary N) is 2. The molecule has 8 nitrogen and oxygen atoms in total. The van der Waals surface area contributed by atoms with Gasteiger partial charge in [-0.1, -0.05) is 12.8 Å². The molecule has 0 aromatic rings.